The molecule has 1 aromatic heterocycles. The van der Waals surface area contributed by atoms with Crippen molar-refractivity contribution in [3.8, 4) is 0 Å². The van der Waals surface area contributed by atoms with Gasteiger partial charge in [-0.2, -0.15) is 5.10 Å². The summed E-state index contributed by atoms with van der Waals surface area (Å²) in [5, 5.41) is 6.99. The minimum Gasteiger partial charge on any atom is -0.371 e. The molecule has 2 amide bonds. The average Bonchev–Trinajstić information content (AvgIpc) is 2.70. The quantitative estimate of drug-likeness (QED) is 0.794. The van der Waals surface area contributed by atoms with Crippen LogP contribution in [0.15, 0.2) is 15.5 Å². The fourth-order valence-corrected chi connectivity index (χ4v) is 2.51. The predicted molar refractivity (Wildman–Crippen MR) is 80.9 cm³/mol. The zero-order valence-electron chi connectivity index (χ0n) is 11.9. The summed E-state index contributed by atoms with van der Waals surface area (Å²) in [6.45, 7) is 2.59. The van der Waals surface area contributed by atoms with Crippen LogP contribution >= 0.6 is 15.9 Å². The number of likely N-dealkylation sites (tertiary alicyclic amines) is 1. The number of unbranched alkanes of at least 4 members (excludes halogenated alkanes) is 1. The molecule has 1 unspecified atom stereocenters. The van der Waals surface area contributed by atoms with Crippen molar-refractivity contribution in [3.05, 3.63) is 21.0 Å². The Kier molecular flexibility index (Phi) is 4.76. The highest BCUT2D eigenvalue weighted by atomic mass is 79.9. The molecule has 0 aliphatic carbocycles. The number of aromatic nitrogens is 2. The molecule has 1 aliphatic rings. The molecule has 0 spiro atoms. The minimum atomic E-state index is -0.647. The van der Waals surface area contributed by atoms with Crippen LogP contribution in [0.5, 0.6) is 0 Å². The average molecular weight is 357 g/mol. The molecule has 21 heavy (non-hydrogen) atoms. The zero-order valence-corrected chi connectivity index (χ0v) is 13.5. The number of hydrogen-bond donors (Lipinski definition) is 1. The van der Waals surface area contributed by atoms with Gasteiger partial charge < -0.3 is 5.32 Å². The summed E-state index contributed by atoms with van der Waals surface area (Å²) in [6.07, 6.45) is 3.42. The number of hydrogen-bond acceptors (Lipinski definition) is 5. The van der Waals surface area contributed by atoms with Crippen LogP contribution in [0.1, 0.15) is 26.2 Å². The molecular formula is C13H17BrN4O3. The van der Waals surface area contributed by atoms with Gasteiger partial charge in [-0.25, -0.2) is 4.68 Å². The van der Waals surface area contributed by atoms with Crippen molar-refractivity contribution in [2.75, 3.05) is 12.4 Å². The molecular weight excluding hydrogens is 340 g/mol. The second-order valence-electron chi connectivity index (χ2n) is 4.95. The minimum absolute atomic E-state index is 0.0840. The van der Waals surface area contributed by atoms with Gasteiger partial charge in [0.2, 0.25) is 5.91 Å². The lowest BCUT2D eigenvalue weighted by Crippen LogP contribution is -2.33. The van der Waals surface area contributed by atoms with Gasteiger partial charge in [0.05, 0.1) is 18.3 Å². The summed E-state index contributed by atoms with van der Waals surface area (Å²) in [5.74, 6) is -0.542. The summed E-state index contributed by atoms with van der Waals surface area (Å²) in [5.41, 5.74) is 0.174. The zero-order chi connectivity index (χ0) is 15.6. The van der Waals surface area contributed by atoms with Crippen LogP contribution in [-0.4, -0.2) is 39.6 Å². The van der Waals surface area contributed by atoms with Crippen LogP contribution in [0.25, 0.3) is 0 Å². The first-order valence-electron chi connectivity index (χ1n) is 6.78. The van der Waals surface area contributed by atoms with Gasteiger partial charge in [0.15, 0.2) is 0 Å². The number of likely N-dealkylation sites (N-methyl/N-ethyl adjacent to an activating group) is 1. The van der Waals surface area contributed by atoms with Gasteiger partial charge in [-0.3, -0.25) is 19.3 Å². The van der Waals surface area contributed by atoms with Crippen molar-refractivity contribution >= 4 is 33.4 Å². The van der Waals surface area contributed by atoms with Crippen molar-refractivity contribution in [2.45, 2.75) is 38.8 Å². The van der Waals surface area contributed by atoms with Gasteiger partial charge >= 0.3 is 0 Å². The van der Waals surface area contributed by atoms with E-state index in [-0.39, 0.29) is 23.8 Å². The third-order valence-electron chi connectivity index (χ3n) is 3.42. The summed E-state index contributed by atoms with van der Waals surface area (Å²) in [6, 6.07) is -0.647. The molecule has 114 valence electrons. The third kappa shape index (κ3) is 3.15. The van der Waals surface area contributed by atoms with Crippen LogP contribution in [0.2, 0.25) is 0 Å². The monoisotopic (exact) mass is 356 g/mol. The maximum atomic E-state index is 12.1. The van der Waals surface area contributed by atoms with E-state index >= 15 is 0 Å². The predicted octanol–water partition coefficient (Wildman–Crippen LogP) is 0.975. The maximum Gasteiger partial charge on any atom is 0.283 e. The van der Waals surface area contributed by atoms with Crippen molar-refractivity contribution < 1.29 is 9.59 Å². The van der Waals surface area contributed by atoms with E-state index in [1.807, 2.05) is 6.92 Å². The molecule has 2 rings (SSSR count). The number of aryl methyl sites for hydroxylation is 1. The number of imide groups is 1. The first-order chi connectivity index (χ1) is 9.95. The van der Waals surface area contributed by atoms with Crippen molar-refractivity contribution in [1.29, 1.82) is 0 Å². The Bertz CT molecular complexity index is 628. The second-order valence-corrected chi connectivity index (χ2v) is 5.74. The highest BCUT2D eigenvalue weighted by Gasteiger charge is 2.36. The molecule has 0 saturated carbocycles. The molecule has 2 heterocycles. The van der Waals surface area contributed by atoms with E-state index in [0.717, 1.165) is 17.7 Å². The fraction of sp³-hybridized carbons (Fsp3) is 0.538. The van der Waals surface area contributed by atoms with E-state index in [9.17, 15) is 14.4 Å². The first kappa shape index (κ1) is 15.7. The Labute approximate surface area is 130 Å². The number of halogens is 1. The lowest BCUT2D eigenvalue weighted by Gasteiger charge is -2.14. The van der Waals surface area contributed by atoms with Crippen LogP contribution < -0.4 is 10.9 Å². The molecule has 0 aromatic carbocycles. The van der Waals surface area contributed by atoms with Crippen molar-refractivity contribution in [1.82, 2.24) is 14.7 Å². The smallest absolute Gasteiger partial charge is 0.283 e. The maximum absolute atomic E-state index is 12.1. The lowest BCUT2D eigenvalue weighted by atomic mass is 10.2. The van der Waals surface area contributed by atoms with Crippen molar-refractivity contribution in [3.63, 3.8) is 0 Å². The summed E-state index contributed by atoms with van der Waals surface area (Å²) >= 11 is 3.23. The Morgan fingerprint density at radius 2 is 2.14 bits per heavy atom. The number of carbonyl (C=O) groups is 2. The number of nitrogens with zero attached hydrogens (tertiary/aromatic N) is 3. The molecule has 0 radical (unpaired) electrons. The van der Waals surface area contributed by atoms with E-state index in [1.54, 1.807) is 0 Å². The topological polar surface area (TPSA) is 84.3 Å². The second kappa shape index (κ2) is 6.38. The summed E-state index contributed by atoms with van der Waals surface area (Å²) < 4.78 is 1.70. The molecule has 0 bridgehead atoms. The highest BCUT2D eigenvalue weighted by Crippen LogP contribution is 2.21. The van der Waals surface area contributed by atoms with Gasteiger partial charge in [-0.15, -0.1) is 0 Å². The Hall–Kier alpha value is -1.70. The van der Waals surface area contributed by atoms with Gasteiger partial charge in [0, 0.05) is 13.6 Å². The van der Waals surface area contributed by atoms with Gasteiger partial charge in [0.1, 0.15) is 10.5 Å². The van der Waals surface area contributed by atoms with Crippen LogP contribution in [0.4, 0.5) is 5.69 Å². The highest BCUT2D eigenvalue weighted by molar-refractivity contribution is 9.10. The largest absolute Gasteiger partial charge is 0.371 e. The molecule has 1 aromatic rings. The standard InChI is InChI=1S/C13H17BrN4O3/c1-3-4-5-18-13(21)11(14)9(7-15-18)16-8-6-10(19)17(2)12(8)20/h7-8,16H,3-6H2,1-2H3. The molecule has 1 N–H and O–H groups in total. The number of anilines is 1. The van der Waals surface area contributed by atoms with Gasteiger partial charge in [-0.1, -0.05) is 13.3 Å². The van der Waals surface area contributed by atoms with Crippen LogP contribution in [0.3, 0.4) is 0 Å². The third-order valence-corrected chi connectivity index (χ3v) is 4.19. The summed E-state index contributed by atoms with van der Waals surface area (Å²) in [4.78, 5) is 36.5. The van der Waals surface area contributed by atoms with Gasteiger partial charge in [0.25, 0.3) is 11.5 Å². The molecule has 8 heteroatoms. The Morgan fingerprint density at radius 3 is 2.71 bits per heavy atom. The van der Waals surface area contributed by atoms with E-state index < -0.39 is 6.04 Å². The van der Waals surface area contributed by atoms with E-state index in [2.05, 4.69) is 26.3 Å². The molecule has 1 aliphatic heterocycles. The molecule has 7 nitrogen and oxygen atoms in total. The van der Waals surface area contributed by atoms with E-state index in [4.69, 9.17) is 0 Å². The van der Waals surface area contributed by atoms with Crippen molar-refractivity contribution in [2.24, 2.45) is 0 Å². The normalized spacial score (nSPS) is 18.4. The van der Waals surface area contributed by atoms with E-state index in [1.165, 1.54) is 17.9 Å². The van der Waals surface area contributed by atoms with Crippen LogP contribution in [0, 0.1) is 0 Å². The first-order valence-corrected chi connectivity index (χ1v) is 7.57. The molecule has 1 fully saturated rings. The molecule has 1 atom stereocenters. The Morgan fingerprint density at radius 1 is 1.43 bits per heavy atom. The van der Waals surface area contributed by atoms with Gasteiger partial charge in [-0.05, 0) is 22.4 Å². The molecule has 1 saturated heterocycles. The number of carbonyl (C=O) groups excluding carboxylic acids is 2. The lowest BCUT2D eigenvalue weighted by molar-refractivity contribution is -0.136. The fourth-order valence-electron chi connectivity index (χ4n) is 2.09. The Balaban J connectivity index is 2.19. The number of amides is 2. The van der Waals surface area contributed by atoms with E-state index in [0.29, 0.717) is 16.7 Å². The number of rotatable bonds is 5. The SMILES string of the molecule is CCCCn1ncc(NC2CC(=O)N(C)C2=O)c(Br)c1=O. The summed E-state index contributed by atoms with van der Waals surface area (Å²) in [7, 11) is 1.45. The van der Waals surface area contributed by atoms with Crippen LogP contribution in [-0.2, 0) is 16.1 Å². The number of nitrogens with one attached hydrogen (secondary N) is 1.